The average molecular weight is 311 g/mol. The van der Waals surface area contributed by atoms with Gasteiger partial charge >= 0.3 is 0 Å². The lowest BCUT2D eigenvalue weighted by Crippen LogP contribution is -2.39. The Kier molecular flexibility index (Phi) is 6.21. The molecule has 2 aromatic carbocycles. The van der Waals surface area contributed by atoms with Crippen LogP contribution in [0.25, 0.3) is 0 Å². The van der Waals surface area contributed by atoms with Crippen molar-refractivity contribution in [2.75, 3.05) is 6.54 Å². The summed E-state index contributed by atoms with van der Waals surface area (Å²) < 4.78 is 5.90. The van der Waals surface area contributed by atoms with Gasteiger partial charge in [-0.2, -0.15) is 0 Å². The average Bonchev–Trinajstić information content (AvgIpc) is 2.55. The van der Waals surface area contributed by atoms with Gasteiger partial charge in [0.1, 0.15) is 5.75 Å². The first kappa shape index (κ1) is 17.1. The Bertz CT molecular complexity index is 637. The van der Waals surface area contributed by atoms with Gasteiger partial charge in [0.25, 0.3) is 5.91 Å². The zero-order chi connectivity index (χ0) is 16.7. The number of carbonyl (C=O) groups excluding carboxylic acids is 1. The molecule has 1 amide bonds. The molecule has 0 saturated carbocycles. The second-order valence-electron chi connectivity index (χ2n) is 5.81. The second-order valence-corrected chi connectivity index (χ2v) is 5.81. The van der Waals surface area contributed by atoms with Crippen molar-refractivity contribution in [1.82, 2.24) is 5.32 Å². The molecule has 2 aromatic rings. The van der Waals surface area contributed by atoms with Crippen LogP contribution in [-0.2, 0) is 11.2 Å². The topological polar surface area (TPSA) is 38.3 Å². The van der Waals surface area contributed by atoms with Crippen LogP contribution >= 0.6 is 0 Å². The molecule has 0 spiro atoms. The molecular weight excluding hydrogens is 286 g/mol. The van der Waals surface area contributed by atoms with Crippen molar-refractivity contribution in [3.8, 4) is 5.75 Å². The van der Waals surface area contributed by atoms with Crippen LogP contribution in [0.4, 0.5) is 0 Å². The highest BCUT2D eigenvalue weighted by atomic mass is 16.5. The fourth-order valence-corrected chi connectivity index (χ4v) is 2.50. The van der Waals surface area contributed by atoms with Crippen molar-refractivity contribution in [3.05, 3.63) is 65.2 Å². The first-order chi connectivity index (χ1) is 11.1. The minimum atomic E-state index is -0.452. The number of aryl methyl sites for hydroxylation is 2. The Hall–Kier alpha value is -2.29. The van der Waals surface area contributed by atoms with Gasteiger partial charge in [-0.3, -0.25) is 4.79 Å². The molecule has 0 saturated heterocycles. The summed E-state index contributed by atoms with van der Waals surface area (Å²) in [7, 11) is 0. The molecule has 2 rings (SSSR count). The van der Waals surface area contributed by atoms with Crippen LogP contribution in [0.5, 0.6) is 5.75 Å². The van der Waals surface area contributed by atoms with E-state index in [4.69, 9.17) is 4.74 Å². The van der Waals surface area contributed by atoms with E-state index in [9.17, 15) is 4.79 Å². The third-order valence-corrected chi connectivity index (χ3v) is 3.82. The standard InChI is InChI=1S/C20H25NO2/c1-4-18(23-19-11-10-15(2)14-16(19)3)20(22)21-13-12-17-8-6-5-7-9-17/h5-11,14,18H,4,12-13H2,1-3H3,(H,21,22)/t18-/m0/s1. The van der Waals surface area contributed by atoms with Gasteiger partial charge in [0.05, 0.1) is 0 Å². The fraction of sp³-hybridized carbons (Fsp3) is 0.350. The zero-order valence-corrected chi connectivity index (χ0v) is 14.1. The first-order valence-corrected chi connectivity index (χ1v) is 8.15. The van der Waals surface area contributed by atoms with Crippen molar-refractivity contribution < 1.29 is 9.53 Å². The van der Waals surface area contributed by atoms with Crippen molar-refractivity contribution in [1.29, 1.82) is 0 Å². The summed E-state index contributed by atoms with van der Waals surface area (Å²) in [4.78, 5) is 12.3. The molecule has 0 unspecified atom stereocenters. The van der Waals surface area contributed by atoms with Crippen LogP contribution in [-0.4, -0.2) is 18.6 Å². The van der Waals surface area contributed by atoms with Crippen LogP contribution in [0, 0.1) is 13.8 Å². The van der Waals surface area contributed by atoms with Gasteiger partial charge in [0.15, 0.2) is 6.10 Å². The third-order valence-electron chi connectivity index (χ3n) is 3.82. The maximum atomic E-state index is 12.3. The largest absolute Gasteiger partial charge is 0.480 e. The van der Waals surface area contributed by atoms with E-state index >= 15 is 0 Å². The lowest BCUT2D eigenvalue weighted by molar-refractivity contribution is -0.128. The highest BCUT2D eigenvalue weighted by molar-refractivity contribution is 5.81. The zero-order valence-electron chi connectivity index (χ0n) is 14.1. The summed E-state index contributed by atoms with van der Waals surface area (Å²) in [6, 6.07) is 16.1. The predicted molar refractivity (Wildman–Crippen MR) is 93.8 cm³/mol. The molecule has 122 valence electrons. The van der Waals surface area contributed by atoms with Crippen LogP contribution in [0.1, 0.15) is 30.0 Å². The normalized spacial score (nSPS) is 11.8. The number of hydrogen-bond acceptors (Lipinski definition) is 2. The number of amides is 1. The summed E-state index contributed by atoms with van der Waals surface area (Å²) in [6.07, 6.45) is 1.02. The van der Waals surface area contributed by atoms with Crippen LogP contribution < -0.4 is 10.1 Å². The molecule has 0 aliphatic rings. The molecule has 0 fully saturated rings. The number of rotatable bonds is 7. The number of hydrogen-bond donors (Lipinski definition) is 1. The Morgan fingerprint density at radius 2 is 1.87 bits per heavy atom. The fourth-order valence-electron chi connectivity index (χ4n) is 2.50. The molecule has 0 bridgehead atoms. The van der Waals surface area contributed by atoms with Crippen molar-refractivity contribution >= 4 is 5.91 Å². The third kappa shape index (κ3) is 5.13. The summed E-state index contributed by atoms with van der Waals surface area (Å²) in [5.41, 5.74) is 3.46. The first-order valence-electron chi connectivity index (χ1n) is 8.15. The Balaban J connectivity index is 1.88. The Morgan fingerprint density at radius 3 is 2.52 bits per heavy atom. The molecule has 1 N–H and O–H groups in total. The van der Waals surface area contributed by atoms with Crippen molar-refractivity contribution in [3.63, 3.8) is 0 Å². The van der Waals surface area contributed by atoms with E-state index < -0.39 is 6.10 Å². The number of benzene rings is 2. The molecule has 0 aliphatic carbocycles. The second kappa shape index (κ2) is 8.37. The highest BCUT2D eigenvalue weighted by Gasteiger charge is 2.18. The summed E-state index contributed by atoms with van der Waals surface area (Å²) in [5.74, 6) is 0.726. The van der Waals surface area contributed by atoms with Gasteiger partial charge in [-0.15, -0.1) is 0 Å². The predicted octanol–water partition coefficient (Wildman–Crippen LogP) is 3.82. The van der Waals surface area contributed by atoms with Crippen LogP contribution in [0.15, 0.2) is 48.5 Å². The maximum absolute atomic E-state index is 12.3. The SMILES string of the molecule is CC[C@H](Oc1ccc(C)cc1C)C(=O)NCCc1ccccc1. The van der Waals surface area contributed by atoms with Crippen molar-refractivity contribution in [2.45, 2.75) is 39.7 Å². The minimum absolute atomic E-state index is 0.0524. The molecule has 1 atom stereocenters. The Morgan fingerprint density at radius 1 is 1.13 bits per heavy atom. The molecule has 0 aromatic heterocycles. The van der Waals surface area contributed by atoms with E-state index in [0.717, 1.165) is 17.7 Å². The summed E-state index contributed by atoms with van der Waals surface area (Å²) in [6.45, 7) is 6.63. The number of nitrogens with one attached hydrogen (secondary N) is 1. The van der Waals surface area contributed by atoms with E-state index in [0.29, 0.717) is 13.0 Å². The highest BCUT2D eigenvalue weighted by Crippen LogP contribution is 2.20. The number of carbonyl (C=O) groups is 1. The van der Waals surface area contributed by atoms with Crippen molar-refractivity contribution in [2.24, 2.45) is 0 Å². The molecule has 3 nitrogen and oxygen atoms in total. The van der Waals surface area contributed by atoms with Gasteiger partial charge in [0, 0.05) is 6.54 Å². The molecule has 0 radical (unpaired) electrons. The smallest absolute Gasteiger partial charge is 0.261 e. The van der Waals surface area contributed by atoms with Gasteiger partial charge in [-0.25, -0.2) is 0 Å². The van der Waals surface area contributed by atoms with E-state index in [1.807, 2.05) is 51.1 Å². The maximum Gasteiger partial charge on any atom is 0.261 e. The van der Waals surface area contributed by atoms with Crippen LogP contribution in [0.2, 0.25) is 0 Å². The quantitative estimate of drug-likeness (QED) is 0.844. The van der Waals surface area contributed by atoms with Gasteiger partial charge in [-0.05, 0) is 43.9 Å². The molecular formula is C20H25NO2. The van der Waals surface area contributed by atoms with Gasteiger partial charge < -0.3 is 10.1 Å². The molecule has 23 heavy (non-hydrogen) atoms. The molecule has 3 heteroatoms. The van der Waals surface area contributed by atoms with E-state index in [1.54, 1.807) is 0 Å². The minimum Gasteiger partial charge on any atom is -0.480 e. The summed E-state index contributed by atoms with van der Waals surface area (Å²) in [5, 5.41) is 2.97. The monoisotopic (exact) mass is 311 g/mol. The van der Waals surface area contributed by atoms with Gasteiger partial charge in [0.2, 0.25) is 0 Å². The molecule has 0 heterocycles. The van der Waals surface area contributed by atoms with Gasteiger partial charge in [-0.1, -0.05) is 55.0 Å². The summed E-state index contributed by atoms with van der Waals surface area (Å²) >= 11 is 0. The lowest BCUT2D eigenvalue weighted by Gasteiger charge is -2.19. The molecule has 0 aliphatic heterocycles. The Labute approximate surface area is 138 Å². The van der Waals surface area contributed by atoms with E-state index in [2.05, 4.69) is 23.5 Å². The number of ether oxygens (including phenoxy) is 1. The lowest BCUT2D eigenvalue weighted by atomic mass is 10.1. The van der Waals surface area contributed by atoms with E-state index in [-0.39, 0.29) is 5.91 Å². The van der Waals surface area contributed by atoms with E-state index in [1.165, 1.54) is 11.1 Å². The van der Waals surface area contributed by atoms with Crippen LogP contribution in [0.3, 0.4) is 0 Å².